The molecule has 3 aromatic rings. The van der Waals surface area contributed by atoms with Crippen LogP contribution in [0.25, 0.3) is 5.52 Å². The van der Waals surface area contributed by atoms with Crippen molar-refractivity contribution in [3.05, 3.63) is 63.9 Å². The van der Waals surface area contributed by atoms with Crippen LogP contribution in [-0.2, 0) is 6.54 Å². The van der Waals surface area contributed by atoms with Crippen molar-refractivity contribution < 1.29 is 0 Å². The molecule has 0 saturated carbocycles. The predicted octanol–water partition coefficient (Wildman–Crippen LogP) is 2.25. The third-order valence-electron chi connectivity index (χ3n) is 3.27. The van der Waals surface area contributed by atoms with Crippen LogP contribution in [0.3, 0.4) is 0 Å². The highest BCUT2D eigenvalue weighted by Crippen LogP contribution is 2.10. The van der Waals surface area contributed by atoms with Gasteiger partial charge in [0, 0.05) is 42.3 Å². The van der Waals surface area contributed by atoms with E-state index in [0.717, 1.165) is 4.47 Å². The van der Waals surface area contributed by atoms with Gasteiger partial charge in [-0.3, -0.25) is 4.79 Å². The maximum atomic E-state index is 12.2. The van der Waals surface area contributed by atoms with Crippen LogP contribution >= 0.6 is 28.1 Å². The second-order valence-corrected chi connectivity index (χ2v) is 6.16. The van der Waals surface area contributed by atoms with Gasteiger partial charge in [0.15, 0.2) is 5.11 Å². The van der Waals surface area contributed by atoms with Crippen molar-refractivity contribution in [2.45, 2.75) is 6.54 Å². The van der Waals surface area contributed by atoms with Gasteiger partial charge >= 0.3 is 0 Å². The van der Waals surface area contributed by atoms with E-state index in [2.05, 4.69) is 31.5 Å². The summed E-state index contributed by atoms with van der Waals surface area (Å²) >= 11 is 8.54. The van der Waals surface area contributed by atoms with E-state index in [1.165, 1.54) is 0 Å². The standard InChI is InChI=1S/C15H14BrN5OS/c16-11-3-4-13(18-10-11)19-15(23)17-5-7-21-9-8-20-6-1-2-12(20)14(21)22/h1-4,6,8-10H,5,7H2,(H2,17,18,19,23). The molecule has 23 heavy (non-hydrogen) atoms. The molecule has 0 unspecified atom stereocenters. The molecule has 0 aliphatic carbocycles. The van der Waals surface area contributed by atoms with Crippen LogP contribution < -0.4 is 16.2 Å². The summed E-state index contributed by atoms with van der Waals surface area (Å²) in [6, 6.07) is 7.36. The van der Waals surface area contributed by atoms with Crippen LogP contribution in [0.1, 0.15) is 0 Å². The molecule has 0 radical (unpaired) electrons. The SMILES string of the molecule is O=c1c2cccn2ccn1CCNC(=S)Nc1ccc(Br)cn1. The van der Waals surface area contributed by atoms with Crippen molar-refractivity contribution in [1.82, 2.24) is 19.3 Å². The van der Waals surface area contributed by atoms with E-state index in [4.69, 9.17) is 12.2 Å². The third-order valence-corrected chi connectivity index (χ3v) is 3.99. The molecule has 3 heterocycles. The summed E-state index contributed by atoms with van der Waals surface area (Å²) in [7, 11) is 0. The molecule has 118 valence electrons. The van der Waals surface area contributed by atoms with Crippen molar-refractivity contribution in [1.29, 1.82) is 0 Å². The number of rotatable bonds is 4. The van der Waals surface area contributed by atoms with Gasteiger partial charge in [-0.1, -0.05) is 0 Å². The molecule has 0 bridgehead atoms. The van der Waals surface area contributed by atoms with E-state index >= 15 is 0 Å². The number of hydrogen-bond acceptors (Lipinski definition) is 3. The molecule has 0 spiro atoms. The molecule has 0 amide bonds. The lowest BCUT2D eigenvalue weighted by molar-refractivity contribution is 0.651. The first-order valence-electron chi connectivity index (χ1n) is 6.96. The maximum Gasteiger partial charge on any atom is 0.274 e. The number of halogens is 1. The molecule has 3 rings (SSSR count). The highest BCUT2D eigenvalue weighted by molar-refractivity contribution is 9.10. The van der Waals surface area contributed by atoms with Gasteiger partial charge < -0.3 is 19.6 Å². The van der Waals surface area contributed by atoms with Crippen molar-refractivity contribution in [3.8, 4) is 0 Å². The van der Waals surface area contributed by atoms with E-state index in [9.17, 15) is 4.79 Å². The molecule has 0 aliphatic heterocycles. The normalized spacial score (nSPS) is 10.7. The number of nitrogens with one attached hydrogen (secondary N) is 2. The van der Waals surface area contributed by atoms with Crippen LogP contribution in [0, 0.1) is 0 Å². The fraction of sp³-hybridized carbons (Fsp3) is 0.133. The Hall–Kier alpha value is -2.19. The minimum atomic E-state index is -0.0206. The smallest absolute Gasteiger partial charge is 0.274 e. The number of pyridine rings is 1. The monoisotopic (exact) mass is 391 g/mol. The zero-order valence-corrected chi connectivity index (χ0v) is 14.5. The molecule has 0 fully saturated rings. The summed E-state index contributed by atoms with van der Waals surface area (Å²) in [6.45, 7) is 1.06. The molecule has 2 N–H and O–H groups in total. The molecule has 0 atom stereocenters. The molecule has 0 aliphatic rings. The highest BCUT2D eigenvalue weighted by atomic mass is 79.9. The number of hydrogen-bond donors (Lipinski definition) is 2. The molecule has 8 heteroatoms. The van der Waals surface area contributed by atoms with Gasteiger partial charge in [-0.2, -0.15) is 0 Å². The van der Waals surface area contributed by atoms with Crippen molar-refractivity contribution in [3.63, 3.8) is 0 Å². The van der Waals surface area contributed by atoms with Gasteiger partial charge in [-0.25, -0.2) is 4.98 Å². The summed E-state index contributed by atoms with van der Waals surface area (Å²) in [6.07, 6.45) is 7.17. The lowest BCUT2D eigenvalue weighted by atomic mass is 10.4. The van der Waals surface area contributed by atoms with Crippen molar-refractivity contribution in [2.24, 2.45) is 0 Å². The molecule has 6 nitrogen and oxygen atoms in total. The summed E-state index contributed by atoms with van der Waals surface area (Å²) in [5.74, 6) is 0.664. The summed E-state index contributed by atoms with van der Waals surface area (Å²) in [5.41, 5.74) is 0.639. The Morgan fingerprint density at radius 2 is 2.13 bits per heavy atom. The summed E-state index contributed by atoms with van der Waals surface area (Å²) in [5, 5.41) is 6.53. The first-order valence-corrected chi connectivity index (χ1v) is 8.16. The van der Waals surface area contributed by atoms with Crippen LogP contribution in [0.2, 0.25) is 0 Å². The first-order chi connectivity index (χ1) is 11.1. The lowest BCUT2D eigenvalue weighted by Gasteiger charge is -2.11. The Morgan fingerprint density at radius 1 is 1.26 bits per heavy atom. The van der Waals surface area contributed by atoms with Crippen LogP contribution in [0.4, 0.5) is 5.82 Å². The minimum Gasteiger partial charge on any atom is -0.361 e. The van der Waals surface area contributed by atoms with Gasteiger partial charge in [0.05, 0.1) is 0 Å². The van der Waals surface area contributed by atoms with Crippen molar-refractivity contribution >= 4 is 44.6 Å². The van der Waals surface area contributed by atoms with Crippen LogP contribution in [0.15, 0.2) is 58.3 Å². The Bertz CT molecular complexity index is 887. The topological polar surface area (TPSA) is 63.4 Å². The average Bonchev–Trinajstić information content (AvgIpc) is 3.01. The van der Waals surface area contributed by atoms with Gasteiger partial charge in [0.2, 0.25) is 0 Å². The van der Waals surface area contributed by atoms with Gasteiger partial charge in [-0.15, -0.1) is 0 Å². The molecule has 0 saturated heterocycles. The molecular formula is C15H14BrN5OS. The number of fused-ring (bicyclic) bond motifs is 1. The van der Waals surface area contributed by atoms with Gasteiger partial charge in [0.25, 0.3) is 5.56 Å². The van der Waals surface area contributed by atoms with E-state index in [0.29, 0.717) is 29.5 Å². The number of thiocarbonyl (C=S) groups is 1. The summed E-state index contributed by atoms with van der Waals surface area (Å²) < 4.78 is 4.36. The number of anilines is 1. The average molecular weight is 392 g/mol. The second kappa shape index (κ2) is 6.93. The number of nitrogens with zero attached hydrogens (tertiary/aromatic N) is 3. The van der Waals surface area contributed by atoms with E-state index < -0.39 is 0 Å². The first kappa shape index (κ1) is 15.7. The Morgan fingerprint density at radius 3 is 2.91 bits per heavy atom. The molecule has 3 aromatic heterocycles. The quantitative estimate of drug-likeness (QED) is 0.667. The second-order valence-electron chi connectivity index (χ2n) is 4.84. The Kier molecular flexibility index (Phi) is 4.73. The zero-order chi connectivity index (χ0) is 16.2. The molecular weight excluding hydrogens is 378 g/mol. The molecule has 0 aromatic carbocycles. The van der Waals surface area contributed by atoms with E-state index in [1.807, 2.05) is 30.6 Å². The van der Waals surface area contributed by atoms with Crippen LogP contribution in [-0.4, -0.2) is 25.6 Å². The Labute approximate surface area is 146 Å². The predicted molar refractivity (Wildman–Crippen MR) is 97.8 cm³/mol. The van der Waals surface area contributed by atoms with Crippen molar-refractivity contribution in [2.75, 3.05) is 11.9 Å². The zero-order valence-electron chi connectivity index (χ0n) is 12.1. The highest BCUT2D eigenvalue weighted by Gasteiger charge is 2.03. The fourth-order valence-corrected chi connectivity index (χ4v) is 2.59. The van der Waals surface area contributed by atoms with Crippen LogP contribution in [0.5, 0.6) is 0 Å². The number of aromatic nitrogens is 3. The minimum absolute atomic E-state index is 0.0206. The van der Waals surface area contributed by atoms with E-state index in [1.54, 1.807) is 27.4 Å². The largest absolute Gasteiger partial charge is 0.361 e. The van der Waals surface area contributed by atoms with E-state index in [-0.39, 0.29) is 5.56 Å². The maximum absolute atomic E-state index is 12.2. The summed E-state index contributed by atoms with van der Waals surface area (Å²) in [4.78, 5) is 16.4. The fourth-order valence-electron chi connectivity index (χ4n) is 2.15. The van der Waals surface area contributed by atoms with Gasteiger partial charge in [0.1, 0.15) is 11.3 Å². The lowest BCUT2D eigenvalue weighted by Crippen LogP contribution is -2.33. The van der Waals surface area contributed by atoms with Gasteiger partial charge in [-0.05, 0) is 52.4 Å². The Balaban J connectivity index is 1.55. The third kappa shape index (κ3) is 3.77.